The molecule has 4 nitrogen and oxygen atoms in total. The van der Waals surface area contributed by atoms with Crippen LogP contribution in [0.5, 0.6) is 0 Å². The first-order valence-corrected chi connectivity index (χ1v) is 7.40. The van der Waals surface area contributed by atoms with Crippen LogP contribution in [0.1, 0.15) is 10.4 Å². The van der Waals surface area contributed by atoms with E-state index in [2.05, 4.69) is 25.9 Å². The lowest BCUT2D eigenvalue weighted by Gasteiger charge is -2.02. The van der Waals surface area contributed by atoms with Crippen molar-refractivity contribution in [2.75, 3.05) is 0 Å². The summed E-state index contributed by atoms with van der Waals surface area (Å²) in [4.78, 5) is 19.6. The molecule has 0 fully saturated rings. The standard InChI is InChI=1S/C14H9BrN2O2S/c15-10-7-8(5-6-9(10)13(18)19)20-14-16-11-3-1-2-4-12(11)17-14/h1-7H,(H,16,17)(H,18,19). The summed E-state index contributed by atoms with van der Waals surface area (Å²) in [6.07, 6.45) is 0. The number of H-pyrrole nitrogens is 1. The second kappa shape index (κ2) is 5.30. The maximum absolute atomic E-state index is 11.0. The van der Waals surface area contributed by atoms with Gasteiger partial charge in [0, 0.05) is 9.37 Å². The van der Waals surface area contributed by atoms with Gasteiger partial charge in [0.2, 0.25) is 0 Å². The average Bonchev–Trinajstić information content (AvgIpc) is 2.80. The number of rotatable bonds is 3. The number of carbonyl (C=O) groups is 1. The zero-order chi connectivity index (χ0) is 14.1. The van der Waals surface area contributed by atoms with E-state index in [9.17, 15) is 4.79 Å². The zero-order valence-electron chi connectivity index (χ0n) is 10.1. The molecule has 1 aromatic heterocycles. The molecule has 0 aliphatic heterocycles. The van der Waals surface area contributed by atoms with Crippen LogP contribution in [0.25, 0.3) is 11.0 Å². The molecule has 0 unspecified atom stereocenters. The van der Waals surface area contributed by atoms with E-state index in [4.69, 9.17) is 5.11 Å². The minimum Gasteiger partial charge on any atom is -0.478 e. The molecule has 3 rings (SSSR count). The van der Waals surface area contributed by atoms with Crippen LogP contribution in [0.2, 0.25) is 0 Å². The van der Waals surface area contributed by atoms with Crippen LogP contribution in [-0.4, -0.2) is 21.0 Å². The number of aromatic nitrogens is 2. The Kier molecular flexibility index (Phi) is 3.50. The predicted molar refractivity (Wildman–Crippen MR) is 81.3 cm³/mol. The lowest BCUT2D eigenvalue weighted by molar-refractivity contribution is 0.0696. The van der Waals surface area contributed by atoms with E-state index in [-0.39, 0.29) is 5.56 Å². The highest BCUT2D eigenvalue weighted by Gasteiger charge is 2.10. The Hall–Kier alpha value is -1.79. The van der Waals surface area contributed by atoms with Crippen molar-refractivity contribution in [3.05, 3.63) is 52.5 Å². The van der Waals surface area contributed by atoms with Gasteiger partial charge in [-0.1, -0.05) is 23.9 Å². The molecule has 0 aliphatic rings. The first-order valence-electron chi connectivity index (χ1n) is 5.79. The molecular formula is C14H9BrN2O2S. The third-order valence-corrected chi connectivity index (χ3v) is 4.29. The van der Waals surface area contributed by atoms with Crippen molar-refractivity contribution in [1.29, 1.82) is 0 Å². The molecule has 0 saturated carbocycles. The summed E-state index contributed by atoms with van der Waals surface area (Å²) in [5.74, 6) is -0.947. The Morgan fingerprint density at radius 1 is 1.25 bits per heavy atom. The molecular weight excluding hydrogens is 340 g/mol. The molecule has 100 valence electrons. The minimum atomic E-state index is -0.947. The molecule has 3 aromatic rings. The molecule has 2 N–H and O–H groups in total. The van der Waals surface area contributed by atoms with Gasteiger partial charge in [-0.05, 0) is 46.3 Å². The van der Waals surface area contributed by atoms with Crippen molar-refractivity contribution in [3.63, 3.8) is 0 Å². The van der Waals surface area contributed by atoms with E-state index in [1.54, 1.807) is 18.2 Å². The van der Waals surface area contributed by atoms with E-state index in [1.807, 2.05) is 24.3 Å². The number of carboxylic acids is 1. The molecule has 6 heteroatoms. The molecule has 2 aromatic carbocycles. The zero-order valence-corrected chi connectivity index (χ0v) is 12.5. The van der Waals surface area contributed by atoms with Gasteiger partial charge in [0.05, 0.1) is 16.6 Å². The molecule has 0 aliphatic carbocycles. The predicted octanol–water partition coefficient (Wildman–Crippen LogP) is 4.17. The summed E-state index contributed by atoms with van der Waals surface area (Å²) in [5.41, 5.74) is 2.14. The summed E-state index contributed by atoms with van der Waals surface area (Å²) < 4.78 is 0.561. The maximum Gasteiger partial charge on any atom is 0.336 e. The number of hydrogen-bond acceptors (Lipinski definition) is 3. The Balaban J connectivity index is 1.90. The van der Waals surface area contributed by atoms with Crippen LogP contribution in [0.15, 0.2) is 57.0 Å². The molecule has 0 atom stereocenters. The average molecular weight is 349 g/mol. The second-order valence-corrected chi connectivity index (χ2v) is 6.02. The van der Waals surface area contributed by atoms with Crippen LogP contribution in [0.3, 0.4) is 0 Å². The molecule has 0 radical (unpaired) electrons. The van der Waals surface area contributed by atoms with Crippen molar-refractivity contribution in [2.45, 2.75) is 10.1 Å². The monoisotopic (exact) mass is 348 g/mol. The molecule has 0 spiro atoms. The quantitative estimate of drug-likeness (QED) is 0.745. The van der Waals surface area contributed by atoms with Crippen LogP contribution in [-0.2, 0) is 0 Å². The Morgan fingerprint density at radius 2 is 2.05 bits per heavy atom. The number of fused-ring (bicyclic) bond motifs is 1. The summed E-state index contributed by atoms with van der Waals surface area (Å²) in [5, 5.41) is 9.77. The second-order valence-electron chi connectivity index (χ2n) is 4.11. The lowest BCUT2D eigenvalue weighted by Crippen LogP contribution is -1.97. The van der Waals surface area contributed by atoms with Gasteiger partial charge in [-0.2, -0.15) is 0 Å². The van der Waals surface area contributed by atoms with E-state index >= 15 is 0 Å². The van der Waals surface area contributed by atoms with Crippen LogP contribution < -0.4 is 0 Å². The highest BCUT2D eigenvalue weighted by atomic mass is 79.9. The fourth-order valence-electron chi connectivity index (χ4n) is 1.82. The van der Waals surface area contributed by atoms with E-state index in [0.717, 1.165) is 21.1 Å². The number of hydrogen-bond donors (Lipinski definition) is 2. The van der Waals surface area contributed by atoms with E-state index in [0.29, 0.717) is 4.47 Å². The van der Waals surface area contributed by atoms with E-state index < -0.39 is 5.97 Å². The number of benzene rings is 2. The number of imidazole rings is 1. The van der Waals surface area contributed by atoms with Gasteiger partial charge in [0.1, 0.15) is 0 Å². The van der Waals surface area contributed by atoms with Crippen molar-refractivity contribution >= 4 is 44.7 Å². The number of aromatic carboxylic acids is 1. The topological polar surface area (TPSA) is 66.0 Å². The minimum absolute atomic E-state index is 0.249. The molecule has 20 heavy (non-hydrogen) atoms. The fourth-order valence-corrected chi connectivity index (χ4v) is 3.36. The summed E-state index contributed by atoms with van der Waals surface area (Å²) >= 11 is 4.73. The highest BCUT2D eigenvalue weighted by molar-refractivity contribution is 9.10. The normalized spacial score (nSPS) is 10.8. The van der Waals surface area contributed by atoms with Crippen molar-refractivity contribution < 1.29 is 9.90 Å². The number of nitrogens with one attached hydrogen (secondary N) is 1. The number of carboxylic acid groups (broad SMARTS) is 1. The van der Waals surface area contributed by atoms with Crippen LogP contribution >= 0.6 is 27.7 Å². The third-order valence-electron chi connectivity index (χ3n) is 2.75. The number of aromatic amines is 1. The molecule has 0 saturated heterocycles. The van der Waals surface area contributed by atoms with Crippen LogP contribution in [0.4, 0.5) is 0 Å². The number of para-hydroxylation sites is 2. The SMILES string of the molecule is O=C(O)c1ccc(Sc2nc3ccccc3[nH]2)cc1Br. The molecule has 1 heterocycles. The smallest absolute Gasteiger partial charge is 0.336 e. The molecule has 0 amide bonds. The number of halogens is 1. The van der Waals surface area contributed by atoms with Gasteiger partial charge < -0.3 is 10.1 Å². The summed E-state index contributed by atoms with van der Waals surface area (Å²) in [7, 11) is 0. The Bertz CT molecular complexity index is 768. The van der Waals surface area contributed by atoms with Crippen molar-refractivity contribution in [1.82, 2.24) is 9.97 Å². The van der Waals surface area contributed by atoms with E-state index in [1.165, 1.54) is 11.8 Å². The van der Waals surface area contributed by atoms with Gasteiger partial charge in [-0.25, -0.2) is 9.78 Å². The third kappa shape index (κ3) is 2.57. The van der Waals surface area contributed by atoms with Gasteiger partial charge in [0.15, 0.2) is 5.16 Å². The van der Waals surface area contributed by atoms with Gasteiger partial charge in [-0.15, -0.1) is 0 Å². The Morgan fingerprint density at radius 3 is 2.75 bits per heavy atom. The van der Waals surface area contributed by atoms with Gasteiger partial charge in [0.25, 0.3) is 0 Å². The van der Waals surface area contributed by atoms with Gasteiger partial charge >= 0.3 is 5.97 Å². The lowest BCUT2D eigenvalue weighted by atomic mass is 10.2. The highest BCUT2D eigenvalue weighted by Crippen LogP contribution is 2.30. The van der Waals surface area contributed by atoms with Gasteiger partial charge in [-0.3, -0.25) is 0 Å². The Labute approximate surface area is 127 Å². The molecule has 0 bridgehead atoms. The van der Waals surface area contributed by atoms with Crippen molar-refractivity contribution in [2.24, 2.45) is 0 Å². The summed E-state index contributed by atoms with van der Waals surface area (Å²) in [6.45, 7) is 0. The maximum atomic E-state index is 11.0. The summed E-state index contributed by atoms with van der Waals surface area (Å²) in [6, 6.07) is 12.9. The van der Waals surface area contributed by atoms with Crippen LogP contribution in [0, 0.1) is 0 Å². The first-order chi connectivity index (χ1) is 9.63. The first kappa shape index (κ1) is 13.2. The van der Waals surface area contributed by atoms with Crippen molar-refractivity contribution in [3.8, 4) is 0 Å². The largest absolute Gasteiger partial charge is 0.478 e. The number of nitrogens with zero attached hydrogens (tertiary/aromatic N) is 1. The fraction of sp³-hybridized carbons (Fsp3) is 0.